The Morgan fingerprint density at radius 1 is 1.57 bits per heavy atom. The van der Waals surface area contributed by atoms with E-state index in [1.54, 1.807) is 0 Å². The zero-order valence-electron chi connectivity index (χ0n) is 8.36. The Hall–Kier alpha value is -1.10. The molecule has 0 aliphatic heterocycles. The van der Waals surface area contributed by atoms with Crippen LogP contribution in [0.2, 0.25) is 0 Å². The van der Waals surface area contributed by atoms with E-state index >= 15 is 0 Å². The summed E-state index contributed by atoms with van der Waals surface area (Å²) in [6.45, 7) is 2.73. The molecule has 1 fully saturated rings. The second-order valence-electron chi connectivity index (χ2n) is 3.89. The highest BCUT2D eigenvalue weighted by Crippen LogP contribution is 2.32. The van der Waals surface area contributed by atoms with Crippen molar-refractivity contribution in [3.8, 4) is 0 Å². The summed E-state index contributed by atoms with van der Waals surface area (Å²) >= 11 is 0. The van der Waals surface area contributed by atoms with Crippen molar-refractivity contribution in [1.29, 1.82) is 0 Å². The van der Waals surface area contributed by atoms with E-state index in [1.165, 1.54) is 19.3 Å². The van der Waals surface area contributed by atoms with Crippen LogP contribution < -0.4 is 11.1 Å². The van der Waals surface area contributed by atoms with E-state index < -0.39 is 0 Å². The molecule has 1 heterocycles. The number of nitrogens with one attached hydrogen (secondary N) is 1. The summed E-state index contributed by atoms with van der Waals surface area (Å²) in [6, 6.07) is 0.291. The van der Waals surface area contributed by atoms with Gasteiger partial charge in [0, 0.05) is 6.54 Å². The van der Waals surface area contributed by atoms with Gasteiger partial charge in [0.15, 0.2) is 0 Å². The standard InChI is InChI=1S/C9H16N4O/c1-6(10)8-12-13-9(14-8)11-5-4-7-2-3-7/h6-7H,2-5,10H2,1H3,(H,11,13). The fourth-order valence-electron chi connectivity index (χ4n) is 1.28. The fourth-order valence-corrected chi connectivity index (χ4v) is 1.28. The molecule has 5 heteroatoms. The number of nitrogens with zero attached hydrogens (tertiary/aromatic N) is 2. The lowest BCUT2D eigenvalue weighted by Crippen LogP contribution is -2.05. The van der Waals surface area contributed by atoms with E-state index in [0.29, 0.717) is 11.9 Å². The lowest BCUT2D eigenvalue weighted by molar-refractivity contribution is 0.472. The summed E-state index contributed by atoms with van der Waals surface area (Å²) in [5.74, 6) is 1.40. The van der Waals surface area contributed by atoms with Gasteiger partial charge in [-0.15, -0.1) is 5.10 Å². The Balaban J connectivity index is 1.77. The molecular weight excluding hydrogens is 180 g/mol. The molecule has 5 nitrogen and oxygen atoms in total. The molecule has 0 aromatic carbocycles. The molecule has 1 atom stereocenters. The maximum absolute atomic E-state index is 5.59. The van der Waals surface area contributed by atoms with E-state index in [4.69, 9.17) is 10.2 Å². The number of rotatable bonds is 5. The summed E-state index contributed by atoms with van der Waals surface area (Å²) < 4.78 is 5.29. The lowest BCUT2D eigenvalue weighted by Gasteiger charge is -1.99. The first-order chi connectivity index (χ1) is 6.75. The molecule has 1 aliphatic carbocycles. The third kappa shape index (κ3) is 2.45. The van der Waals surface area contributed by atoms with Crippen LogP contribution in [-0.4, -0.2) is 16.7 Å². The van der Waals surface area contributed by atoms with Gasteiger partial charge in [-0.05, 0) is 19.3 Å². The number of hydrogen-bond acceptors (Lipinski definition) is 5. The molecule has 2 rings (SSSR count). The van der Waals surface area contributed by atoms with Crippen LogP contribution in [0.15, 0.2) is 4.42 Å². The first-order valence-corrected chi connectivity index (χ1v) is 5.08. The topological polar surface area (TPSA) is 77.0 Å². The van der Waals surface area contributed by atoms with E-state index in [0.717, 1.165) is 12.5 Å². The van der Waals surface area contributed by atoms with Crippen LogP contribution in [0.4, 0.5) is 6.01 Å². The molecule has 78 valence electrons. The highest BCUT2D eigenvalue weighted by molar-refractivity contribution is 5.17. The van der Waals surface area contributed by atoms with Crippen LogP contribution in [0.5, 0.6) is 0 Å². The number of nitrogens with two attached hydrogens (primary N) is 1. The van der Waals surface area contributed by atoms with E-state index in [1.807, 2.05) is 6.92 Å². The van der Waals surface area contributed by atoms with Crippen molar-refractivity contribution < 1.29 is 4.42 Å². The van der Waals surface area contributed by atoms with Crippen molar-refractivity contribution in [3.05, 3.63) is 5.89 Å². The molecule has 1 aliphatic rings. The summed E-state index contributed by atoms with van der Waals surface area (Å²) in [5.41, 5.74) is 5.59. The van der Waals surface area contributed by atoms with Crippen LogP contribution in [0.3, 0.4) is 0 Å². The van der Waals surface area contributed by atoms with Gasteiger partial charge in [-0.2, -0.15) is 0 Å². The smallest absolute Gasteiger partial charge is 0.315 e. The molecule has 1 unspecified atom stereocenters. The molecule has 0 saturated heterocycles. The van der Waals surface area contributed by atoms with Crippen molar-refractivity contribution in [2.24, 2.45) is 11.7 Å². The molecule has 0 bridgehead atoms. The first-order valence-electron chi connectivity index (χ1n) is 5.08. The molecule has 0 radical (unpaired) electrons. The van der Waals surface area contributed by atoms with Gasteiger partial charge < -0.3 is 15.5 Å². The van der Waals surface area contributed by atoms with Gasteiger partial charge in [0.2, 0.25) is 5.89 Å². The van der Waals surface area contributed by atoms with Gasteiger partial charge in [-0.1, -0.05) is 17.9 Å². The summed E-state index contributed by atoms with van der Waals surface area (Å²) in [5, 5.41) is 10.8. The molecule has 1 aromatic rings. The third-order valence-corrected chi connectivity index (χ3v) is 2.36. The average Bonchev–Trinajstić information content (AvgIpc) is 2.82. The second-order valence-corrected chi connectivity index (χ2v) is 3.89. The number of aromatic nitrogens is 2. The first kappa shape index (κ1) is 9.45. The highest BCUT2D eigenvalue weighted by Gasteiger charge is 2.20. The van der Waals surface area contributed by atoms with Crippen LogP contribution in [0, 0.1) is 5.92 Å². The zero-order chi connectivity index (χ0) is 9.97. The minimum atomic E-state index is -0.193. The Morgan fingerprint density at radius 2 is 2.36 bits per heavy atom. The highest BCUT2D eigenvalue weighted by atomic mass is 16.4. The SMILES string of the molecule is CC(N)c1nnc(NCCC2CC2)o1. The Labute approximate surface area is 83.1 Å². The van der Waals surface area contributed by atoms with Crippen LogP contribution in [0.1, 0.15) is 38.1 Å². The van der Waals surface area contributed by atoms with Crippen molar-refractivity contribution >= 4 is 6.01 Å². The maximum atomic E-state index is 5.59. The molecule has 0 spiro atoms. The Bertz CT molecular complexity index is 293. The average molecular weight is 196 g/mol. The largest absolute Gasteiger partial charge is 0.406 e. The molecule has 0 amide bonds. The molecular formula is C9H16N4O. The Kier molecular flexibility index (Phi) is 2.67. The van der Waals surface area contributed by atoms with Crippen molar-refractivity contribution in [1.82, 2.24) is 10.2 Å². The number of hydrogen-bond donors (Lipinski definition) is 2. The van der Waals surface area contributed by atoms with Crippen LogP contribution in [-0.2, 0) is 0 Å². The third-order valence-electron chi connectivity index (χ3n) is 2.36. The van der Waals surface area contributed by atoms with Gasteiger partial charge in [0.25, 0.3) is 0 Å². The van der Waals surface area contributed by atoms with Gasteiger partial charge in [-0.25, -0.2) is 0 Å². The minimum absolute atomic E-state index is 0.193. The maximum Gasteiger partial charge on any atom is 0.315 e. The minimum Gasteiger partial charge on any atom is -0.406 e. The van der Waals surface area contributed by atoms with E-state index in [9.17, 15) is 0 Å². The predicted molar refractivity (Wildman–Crippen MR) is 52.7 cm³/mol. The van der Waals surface area contributed by atoms with Crippen molar-refractivity contribution in [3.63, 3.8) is 0 Å². The molecule has 3 N–H and O–H groups in total. The monoisotopic (exact) mass is 196 g/mol. The van der Waals surface area contributed by atoms with Gasteiger partial charge in [0.1, 0.15) is 0 Å². The molecule has 1 aromatic heterocycles. The van der Waals surface area contributed by atoms with Crippen molar-refractivity contribution in [2.45, 2.75) is 32.2 Å². The summed E-state index contributed by atoms with van der Waals surface area (Å²) in [7, 11) is 0. The summed E-state index contributed by atoms with van der Waals surface area (Å²) in [4.78, 5) is 0. The van der Waals surface area contributed by atoms with Crippen LogP contribution >= 0.6 is 0 Å². The van der Waals surface area contributed by atoms with Gasteiger partial charge >= 0.3 is 6.01 Å². The lowest BCUT2D eigenvalue weighted by atomic mass is 10.3. The summed E-state index contributed by atoms with van der Waals surface area (Å²) in [6.07, 6.45) is 3.93. The van der Waals surface area contributed by atoms with Crippen molar-refractivity contribution in [2.75, 3.05) is 11.9 Å². The second kappa shape index (κ2) is 3.96. The predicted octanol–water partition coefficient (Wildman–Crippen LogP) is 1.30. The molecule has 1 saturated carbocycles. The number of anilines is 1. The van der Waals surface area contributed by atoms with E-state index in [2.05, 4.69) is 15.5 Å². The van der Waals surface area contributed by atoms with Gasteiger partial charge in [0.05, 0.1) is 6.04 Å². The zero-order valence-corrected chi connectivity index (χ0v) is 8.36. The van der Waals surface area contributed by atoms with Gasteiger partial charge in [-0.3, -0.25) is 0 Å². The fraction of sp³-hybridized carbons (Fsp3) is 0.778. The van der Waals surface area contributed by atoms with Crippen LogP contribution in [0.25, 0.3) is 0 Å². The Morgan fingerprint density at radius 3 is 2.93 bits per heavy atom. The molecule has 14 heavy (non-hydrogen) atoms. The quantitative estimate of drug-likeness (QED) is 0.742. The van der Waals surface area contributed by atoms with E-state index in [-0.39, 0.29) is 6.04 Å². The normalized spacial score (nSPS) is 18.1.